The number of carbonyl (C=O) groups excluding carboxylic acids is 2. The molecule has 0 unspecified atom stereocenters. The van der Waals surface area contributed by atoms with Gasteiger partial charge in [0.15, 0.2) is 24.9 Å². The summed E-state index contributed by atoms with van der Waals surface area (Å²) in [4.78, 5) is 28.0. The number of nitrogens with zero attached hydrogens (tertiary/aromatic N) is 2. The molecule has 0 saturated carbocycles. The molecule has 1 atom stereocenters. The average Bonchev–Trinajstić information content (AvgIpc) is 2.99. The quantitative estimate of drug-likeness (QED) is 0.707. The lowest BCUT2D eigenvalue weighted by atomic mass is 10.1. The Hall–Kier alpha value is -2.72. The summed E-state index contributed by atoms with van der Waals surface area (Å²) in [6, 6.07) is 7.56. The standard InChI is InChI=1S/C18H18N2O4S/c1-11-5-4-6-12(2)17(11)24-9-16(22)23-8-15(21)14(7-19)18-20-13(3)10-25-18/h4-6,10,14H,8-9H2,1-3H3/t14-/m0/s1. The van der Waals surface area contributed by atoms with Gasteiger partial charge in [0.2, 0.25) is 0 Å². The van der Waals surface area contributed by atoms with Crippen LogP contribution in [0.25, 0.3) is 0 Å². The zero-order valence-electron chi connectivity index (χ0n) is 14.2. The first-order chi connectivity index (χ1) is 11.9. The third-order valence-corrected chi connectivity index (χ3v) is 4.48. The van der Waals surface area contributed by atoms with Crippen LogP contribution in [0.1, 0.15) is 27.7 Å². The highest BCUT2D eigenvalue weighted by Gasteiger charge is 2.24. The van der Waals surface area contributed by atoms with Gasteiger partial charge in [-0.3, -0.25) is 4.79 Å². The number of aromatic nitrogens is 1. The molecule has 0 saturated heterocycles. The van der Waals surface area contributed by atoms with Gasteiger partial charge < -0.3 is 9.47 Å². The number of hydrogen-bond acceptors (Lipinski definition) is 7. The topological polar surface area (TPSA) is 89.3 Å². The number of rotatable bonds is 7. The predicted molar refractivity (Wildman–Crippen MR) is 92.6 cm³/mol. The molecule has 0 aliphatic heterocycles. The maximum Gasteiger partial charge on any atom is 0.344 e. The van der Waals surface area contributed by atoms with Crippen LogP contribution in [0.15, 0.2) is 23.6 Å². The Labute approximate surface area is 150 Å². The molecule has 0 aliphatic carbocycles. The zero-order valence-corrected chi connectivity index (χ0v) is 15.1. The Balaban J connectivity index is 1.87. The summed E-state index contributed by atoms with van der Waals surface area (Å²) in [7, 11) is 0. The number of carbonyl (C=O) groups is 2. The number of aryl methyl sites for hydroxylation is 3. The van der Waals surface area contributed by atoms with Crippen LogP contribution in [0.2, 0.25) is 0 Å². The number of nitriles is 1. The van der Waals surface area contributed by atoms with Crippen LogP contribution in [0.3, 0.4) is 0 Å². The Morgan fingerprint density at radius 1 is 1.24 bits per heavy atom. The molecule has 1 aromatic carbocycles. The summed E-state index contributed by atoms with van der Waals surface area (Å²) in [5.74, 6) is -1.56. The van der Waals surface area contributed by atoms with Crippen molar-refractivity contribution in [3.8, 4) is 11.8 Å². The Bertz CT molecular complexity index is 802. The second-order valence-corrected chi connectivity index (χ2v) is 6.42. The molecule has 1 heterocycles. The number of ether oxygens (including phenoxy) is 2. The van der Waals surface area contributed by atoms with Gasteiger partial charge in [-0.15, -0.1) is 11.3 Å². The highest BCUT2D eigenvalue weighted by Crippen LogP contribution is 2.22. The number of hydrogen-bond donors (Lipinski definition) is 0. The third kappa shape index (κ3) is 4.88. The fraction of sp³-hybridized carbons (Fsp3) is 0.333. The van der Waals surface area contributed by atoms with Gasteiger partial charge in [-0.25, -0.2) is 9.78 Å². The van der Waals surface area contributed by atoms with E-state index in [1.54, 1.807) is 12.3 Å². The van der Waals surface area contributed by atoms with E-state index in [0.717, 1.165) is 16.8 Å². The van der Waals surface area contributed by atoms with Crippen molar-refractivity contribution in [2.45, 2.75) is 26.7 Å². The maximum atomic E-state index is 12.1. The summed E-state index contributed by atoms with van der Waals surface area (Å²) < 4.78 is 10.4. The molecular formula is C18H18N2O4S. The molecule has 0 bridgehead atoms. The first kappa shape index (κ1) is 18.6. The van der Waals surface area contributed by atoms with E-state index in [-0.39, 0.29) is 6.61 Å². The molecule has 0 fully saturated rings. The first-order valence-electron chi connectivity index (χ1n) is 7.61. The summed E-state index contributed by atoms with van der Waals surface area (Å²) >= 11 is 1.24. The molecule has 0 N–H and O–H groups in total. The summed E-state index contributed by atoms with van der Waals surface area (Å²) in [6.45, 7) is 4.76. The lowest BCUT2D eigenvalue weighted by molar-refractivity contribution is -0.150. The minimum atomic E-state index is -1.02. The highest BCUT2D eigenvalue weighted by molar-refractivity contribution is 7.09. The Kier molecular flexibility index (Phi) is 6.25. The van der Waals surface area contributed by atoms with E-state index in [1.165, 1.54) is 11.3 Å². The SMILES string of the molecule is Cc1csc([C@@H](C#N)C(=O)COC(=O)COc2c(C)cccc2C)n1. The lowest BCUT2D eigenvalue weighted by Gasteiger charge is -2.11. The molecular weight excluding hydrogens is 340 g/mol. The van der Waals surface area contributed by atoms with Crippen molar-refractivity contribution in [3.63, 3.8) is 0 Å². The number of esters is 1. The van der Waals surface area contributed by atoms with Crippen LogP contribution >= 0.6 is 11.3 Å². The Morgan fingerprint density at radius 2 is 1.92 bits per heavy atom. The van der Waals surface area contributed by atoms with Gasteiger partial charge in [0.05, 0.1) is 6.07 Å². The van der Waals surface area contributed by atoms with Crippen LogP contribution < -0.4 is 4.74 Å². The minimum Gasteiger partial charge on any atom is -0.481 e. The van der Waals surface area contributed by atoms with Crippen LogP contribution in [0.5, 0.6) is 5.75 Å². The molecule has 2 rings (SSSR count). The van der Waals surface area contributed by atoms with Crippen molar-refractivity contribution >= 4 is 23.1 Å². The fourth-order valence-corrected chi connectivity index (χ4v) is 3.07. The smallest absolute Gasteiger partial charge is 0.344 e. The summed E-state index contributed by atoms with van der Waals surface area (Å²) in [6.07, 6.45) is 0. The normalized spacial score (nSPS) is 11.4. The van der Waals surface area contributed by atoms with Gasteiger partial charge in [-0.1, -0.05) is 18.2 Å². The zero-order chi connectivity index (χ0) is 18.4. The number of Topliss-reactive ketones (excluding diaryl/α,β-unsaturated/α-hetero) is 1. The van der Waals surface area contributed by atoms with Gasteiger partial charge in [-0.05, 0) is 31.9 Å². The Morgan fingerprint density at radius 3 is 2.48 bits per heavy atom. The van der Waals surface area contributed by atoms with Crippen molar-refractivity contribution in [1.82, 2.24) is 4.98 Å². The molecule has 6 nitrogen and oxygen atoms in total. The summed E-state index contributed by atoms with van der Waals surface area (Å²) in [5, 5.41) is 11.3. The molecule has 130 valence electrons. The monoisotopic (exact) mass is 358 g/mol. The van der Waals surface area contributed by atoms with E-state index in [4.69, 9.17) is 14.7 Å². The third-order valence-electron chi connectivity index (χ3n) is 3.45. The van der Waals surface area contributed by atoms with Crippen LogP contribution in [0, 0.1) is 32.1 Å². The van der Waals surface area contributed by atoms with Gasteiger partial charge >= 0.3 is 5.97 Å². The molecule has 1 aromatic heterocycles. The van der Waals surface area contributed by atoms with E-state index in [9.17, 15) is 9.59 Å². The van der Waals surface area contributed by atoms with E-state index < -0.39 is 24.3 Å². The molecule has 2 aromatic rings. The second kappa shape index (κ2) is 8.40. The minimum absolute atomic E-state index is 0.299. The fourth-order valence-electron chi connectivity index (χ4n) is 2.20. The highest BCUT2D eigenvalue weighted by atomic mass is 32.1. The molecule has 0 amide bonds. The largest absolute Gasteiger partial charge is 0.481 e. The molecule has 0 spiro atoms. The molecule has 7 heteroatoms. The number of benzene rings is 1. The molecule has 0 radical (unpaired) electrons. The lowest BCUT2D eigenvalue weighted by Crippen LogP contribution is -2.23. The second-order valence-electron chi connectivity index (χ2n) is 5.53. The van der Waals surface area contributed by atoms with Gasteiger partial charge in [0.1, 0.15) is 10.8 Å². The average molecular weight is 358 g/mol. The summed E-state index contributed by atoms with van der Waals surface area (Å²) in [5.41, 5.74) is 2.56. The van der Waals surface area contributed by atoms with E-state index >= 15 is 0 Å². The van der Waals surface area contributed by atoms with Crippen LogP contribution in [-0.2, 0) is 14.3 Å². The van der Waals surface area contributed by atoms with Crippen molar-refractivity contribution in [3.05, 3.63) is 45.4 Å². The number of para-hydroxylation sites is 1. The first-order valence-corrected chi connectivity index (χ1v) is 8.49. The number of thiazole rings is 1. The van der Waals surface area contributed by atoms with Crippen molar-refractivity contribution in [1.29, 1.82) is 5.26 Å². The van der Waals surface area contributed by atoms with E-state index in [1.807, 2.05) is 38.1 Å². The van der Waals surface area contributed by atoms with Gasteiger partial charge in [0.25, 0.3) is 0 Å². The van der Waals surface area contributed by atoms with Gasteiger partial charge in [-0.2, -0.15) is 5.26 Å². The van der Waals surface area contributed by atoms with E-state index in [2.05, 4.69) is 4.98 Å². The maximum absolute atomic E-state index is 12.1. The van der Waals surface area contributed by atoms with Gasteiger partial charge in [0, 0.05) is 11.1 Å². The van der Waals surface area contributed by atoms with Crippen LogP contribution in [0.4, 0.5) is 0 Å². The van der Waals surface area contributed by atoms with Crippen molar-refractivity contribution < 1.29 is 19.1 Å². The predicted octanol–water partition coefficient (Wildman–Crippen LogP) is 2.87. The number of ketones is 1. The van der Waals surface area contributed by atoms with Crippen LogP contribution in [-0.4, -0.2) is 30.0 Å². The van der Waals surface area contributed by atoms with Crippen molar-refractivity contribution in [2.75, 3.05) is 13.2 Å². The van der Waals surface area contributed by atoms with Crippen molar-refractivity contribution in [2.24, 2.45) is 0 Å². The van der Waals surface area contributed by atoms with E-state index in [0.29, 0.717) is 10.8 Å². The molecule has 0 aliphatic rings. The molecule has 25 heavy (non-hydrogen) atoms.